The summed E-state index contributed by atoms with van der Waals surface area (Å²) in [4.78, 5) is 0. The van der Waals surface area contributed by atoms with Crippen LogP contribution in [0.2, 0.25) is 28.7 Å². The van der Waals surface area contributed by atoms with E-state index in [1.54, 1.807) is 7.11 Å². The Morgan fingerprint density at radius 3 is 1.65 bits per heavy atom. The van der Waals surface area contributed by atoms with Gasteiger partial charge in [-0.15, -0.1) is 0 Å². The van der Waals surface area contributed by atoms with E-state index >= 15 is 0 Å². The molecule has 0 aliphatic heterocycles. The number of hydrogen-bond acceptors (Lipinski definition) is 3. The van der Waals surface area contributed by atoms with E-state index in [1.165, 1.54) is 10.6 Å². The molecule has 0 spiro atoms. The van der Waals surface area contributed by atoms with Crippen molar-refractivity contribution < 1.29 is 13.0 Å². The Kier molecular flexibility index (Phi) is 10.2. The van der Waals surface area contributed by atoms with E-state index in [0.717, 1.165) is 0 Å². The van der Waals surface area contributed by atoms with E-state index in [-0.39, 0.29) is 17.4 Å². The maximum absolute atomic E-state index is 6.48. The van der Waals surface area contributed by atoms with Gasteiger partial charge in [0.05, 0.1) is 6.10 Å². The molecule has 0 amide bonds. The van der Waals surface area contributed by atoms with Crippen LogP contribution in [-0.2, 0) is 13.0 Å². The monoisotopic (exact) mass is 360 g/mol. The highest BCUT2D eigenvalue weighted by Crippen LogP contribution is 2.37. The smallest absolute Gasteiger partial charge is 0.463 e. The van der Waals surface area contributed by atoms with Gasteiger partial charge in [0.2, 0.25) is 0 Å². The van der Waals surface area contributed by atoms with Crippen molar-refractivity contribution in [2.75, 3.05) is 7.11 Å². The van der Waals surface area contributed by atoms with E-state index in [2.05, 4.69) is 68.5 Å². The van der Waals surface area contributed by atoms with Crippen LogP contribution in [0.5, 0.6) is 0 Å². The van der Waals surface area contributed by atoms with E-state index < -0.39 is 22.8 Å². The minimum atomic E-state index is -1.81. The molecule has 0 aliphatic rings. The first-order valence-electron chi connectivity index (χ1n) is 9.16. The summed E-state index contributed by atoms with van der Waals surface area (Å²) in [5.41, 5.74) is 0. The second-order valence-corrected chi connectivity index (χ2v) is 16.4. The van der Waals surface area contributed by atoms with Crippen LogP contribution in [-0.4, -0.2) is 42.3 Å². The number of hydrogen-bond donors (Lipinski definition) is 0. The van der Waals surface area contributed by atoms with E-state index in [9.17, 15) is 0 Å². The molecule has 0 rings (SSSR count). The highest BCUT2D eigenvalue weighted by Gasteiger charge is 2.40. The Morgan fingerprint density at radius 2 is 1.35 bits per heavy atom. The maximum atomic E-state index is 6.48. The van der Waals surface area contributed by atoms with Crippen molar-refractivity contribution in [3.05, 3.63) is 0 Å². The Balaban J connectivity index is 4.89. The van der Waals surface area contributed by atoms with Gasteiger partial charge >= 0.3 is 14.5 Å². The molecule has 0 saturated carbocycles. The second-order valence-electron chi connectivity index (χ2n) is 9.20. The second kappa shape index (κ2) is 9.94. The lowest BCUT2D eigenvalue weighted by Crippen LogP contribution is -2.48. The average molecular weight is 361 g/mol. The first-order chi connectivity index (χ1) is 10.3. The van der Waals surface area contributed by atoms with Crippen molar-refractivity contribution in [1.29, 1.82) is 0 Å². The zero-order valence-corrected chi connectivity index (χ0v) is 19.7. The van der Waals surface area contributed by atoms with Crippen molar-refractivity contribution in [3.8, 4) is 0 Å². The van der Waals surface area contributed by atoms with Crippen molar-refractivity contribution in [1.82, 2.24) is 0 Å². The molecule has 0 bridgehead atoms. The van der Waals surface area contributed by atoms with Crippen LogP contribution < -0.4 is 0 Å². The Hall–Kier alpha value is 0.629. The predicted octanol–water partition coefficient (Wildman–Crippen LogP) is 5.69. The lowest BCUT2D eigenvalue weighted by molar-refractivity contribution is -0.119. The standard InChI is InChI=1S/C10H23O3Si.2C4H9.Al/c1-8(9(11)12-5)13-14(6,7)10(2,3)4;2*1-4(2)3;/h8-9H,1-7H3;2*4H,1H2,2-3H3;/q-1;;;+1/t8-,9?;;;/m0.../s1. The molecule has 0 aromatic carbocycles. The first-order valence-corrected chi connectivity index (χ1v) is 14.2. The number of ether oxygens (including phenoxy) is 1. The fourth-order valence-electron chi connectivity index (χ4n) is 2.50. The number of methoxy groups -OCH3 is 1. The van der Waals surface area contributed by atoms with Crippen LogP contribution in [0.15, 0.2) is 0 Å². The molecule has 1 unspecified atom stereocenters. The molecule has 3 nitrogen and oxygen atoms in total. The third kappa shape index (κ3) is 9.05. The summed E-state index contributed by atoms with van der Waals surface area (Å²) in [6, 6.07) is 0. The van der Waals surface area contributed by atoms with Gasteiger partial charge in [0, 0.05) is 7.11 Å². The van der Waals surface area contributed by atoms with Gasteiger partial charge in [0.1, 0.15) is 0 Å². The molecule has 0 N–H and O–H groups in total. The molecule has 5 heteroatoms. The first kappa shape index (κ1) is 23.6. The average Bonchev–Trinajstić information content (AvgIpc) is 2.31. The lowest BCUT2D eigenvalue weighted by atomic mass is 10.2. The van der Waals surface area contributed by atoms with Crippen LogP contribution >= 0.6 is 0 Å². The summed E-state index contributed by atoms with van der Waals surface area (Å²) in [6.07, 6.45) is -0.256. The third-order valence-electron chi connectivity index (χ3n) is 4.70. The fourth-order valence-corrected chi connectivity index (χ4v) is 7.13. The molecule has 0 heterocycles. The van der Waals surface area contributed by atoms with Crippen molar-refractivity contribution in [2.24, 2.45) is 11.8 Å². The van der Waals surface area contributed by atoms with Crippen LogP contribution in [0.4, 0.5) is 0 Å². The van der Waals surface area contributed by atoms with Crippen LogP contribution in [0.3, 0.4) is 0 Å². The largest absolute Gasteiger partial charge is 0.476 e. The topological polar surface area (TPSA) is 27.7 Å². The molecular formula is C18H41AlO3Si. The molecule has 23 heavy (non-hydrogen) atoms. The van der Waals surface area contributed by atoms with Crippen molar-refractivity contribution >= 4 is 22.8 Å². The normalized spacial score (nSPS) is 16.0. The Labute approximate surface area is 151 Å². The molecule has 0 aromatic rings. The minimum Gasteiger partial charge on any atom is -0.476 e. The predicted molar refractivity (Wildman–Crippen MR) is 105 cm³/mol. The van der Waals surface area contributed by atoms with E-state index in [0.29, 0.717) is 11.8 Å². The van der Waals surface area contributed by atoms with Crippen LogP contribution in [0.1, 0.15) is 55.4 Å². The third-order valence-corrected chi connectivity index (χ3v) is 12.9. The highest BCUT2D eigenvalue weighted by molar-refractivity contribution is 6.74. The maximum Gasteiger partial charge on any atom is 0.463 e. The summed E-state index contributed by atoms with van der Waals surface area (Å²) in [7, 11) is -0.0642. The number of rotatable bonds is 10. The molecule has 0 fully saturated rings. The van der Waals surface area contributed by atoms with Gasteiger partial charge < -0.3 is 13.0 Å². The Bertz CT molecular complexity index is 317. The fraction of sp³-hybridized carbons (Fsp3) is 1.00. The van der Waals surface area contributed by atoms with Gasteiger partial charge in [-0.3, -0.25) is 0 Å². The minimum absolute atomic E-state index is 0.0183. The van der Waals surface area contributed by atoms with Gasteiger partial charge in [-0.2, -0.15) is 0 Å². The van der Waals surface area contributed by atoms with Crippen LogP contribution in [0.25, 0.3) is 0 Å². The quantitative estimate of drug-likeness (QED) is 0.370. The van der Waals surface area contributed by atoms with Gasteiger partial charge in [-0.1, -0.05) is 70.9 Å². The molecule has 138 valence electrons. The summed E-state index contributed by atoms with van der Waals surface area (Å²) < 4.78 is 18.6. The summed E-state index contributed by atoms with van der Waals surface area (Å²) >= 11 is -1.28. The van der Waals surface area contributed by atoms with Gasteiger partial charge in [-0.05, 0) is 25.1 Å². The molecule has 0 aliphatic carbocycles. The Morgan fingerprint density at radius 1 is 0.913 bits per heavy atom. The highest BCUT2D eigenvalue weighted by atomic mass is 28.4. The van der Waals surface area contributed by atoms with Gasteiger partial charge in [0.15, 0.2) is 14.6 Å². The van der Waals surface area contributed by atoms with Crippen molar-refractivity contribution in [3.63, 3.8) is 0 Å². The molecule has 0 saturated heterocycles. The van der Waals surface area contributed by atoms with Crippen molar-refractivity contribution in [2.45, 2.75) is 96.5 Å². The van der Waals surface area contributed by atoms with E-state index in [1.807, 2.05) is 0 Å². The van der Waals surface area contributed by atoms with Gasteiger partial charge in [-0.25, -0.2) is 0 Å². The molecule has 0 aromatic heterocycles. The molecule has 2 atom stereocenters. The van der Waals surface area contributed by atoms with Gasteiger partial charge in [0.25, 0.3) is 0 Å². The summed E-state index contributed by atoms with van der Waals surface area (Å²) in [5, 5.41) is 2.60. The van der Waals surface area contributed by atoms with E-state index in [4.69, 9.17) is 13.0 Å². The summed E-state index contributed by atoms with van der Waals surface area (Å²) in [6.45, 7) is 22.6. The summed E-state index contributed by atoms with van der Waals surface area (Å²) in [5.74, 6) is 1.36. The zero-order chi connectivity index (χ0) is 18.4. The molecular weight excluding hydrogens is 319 g/mol. The SMILES string of the molecule is COC([O][Al]([CH2]C(C)C)[CH2]C(C)C)[C@H](C)O[Si](C)(C)C(C)(C)C. The zero-order valence-electron chi connectivity index (χ0n) is 17.5. The molecule has 0 radical (unpaired) electrons. The van der Waals surface area contributed by atoms with Crippen LogP contribution in [0, 0.1) is 11.8 Å². The lowest BCUT2D eigenvalue weighted by Gasteiger charge is -2.40.